The van der Waals surface area contributed by atoms with Gasteiger partial charge in [-0.2, -0.15) is 5.10 Å². The number of hydrogen-bond acceptors (Lipinski definition) is 4. The summed E-state index contributed by atoms with van der Waals surface area (Å²) < 4.78 is 1.85. The highest BCUT2D eigenvalue weighted by Crippen LogP contribution is 2.28. The smallest absolute Gasteiger partial charge is 0.347 e. The summed E-state index contributed by atoms with van der Waals surface area (Å²) in [5.74, 6) is -0.942. The molecule has 0 radical (unpaired) electrons. The number of aryl methyl sites for hydroxylation is 1. The molecule has 2 aromatic rings. The molecule has 0 aliphatic carbocycles. The van der Waals surface area contributed by atoms with Gasteiger partial charge in [0.2, 0.25) is 0 Å². The van der Waals surface area contributed by atoms with Crippen LogP contribution in [0.2, 0.25) is 0 Å². The van der Waals surface area contributed by atoms with Crippen LogP contribution < -0.4 is 0 Å². The van der Waals surface area contributed by atoms with Crippen molar-refractivity contribution in [1.82, 2.24) is 14.8 Å². The molecule has 2 heterocycles. The molecule has 0 unspecified atom stereocenters. The summed E-state index contributed by atoms with van der Waals surface area (Å²) in [4.78, 5) is 15.2. The van der Waals surface area contributed by atoms with Crippen molar-refractivity contribution in [3.63, 3.8) is 0 Å². The van der Waals surface area contributed by atoms with E-state index >= 15 is 0 Å². The van der Waals surface area contributed by atoms with E-state index in [1.807, 2.05) is 31.6 Å². The highest BCUT2D eigenvalue weighted by atomic mass is 32.1. The largest absolute Gasteiger partial charge is 0.477 e. The van der Waals surface area contributed by atoms with Crippen LogP contribution in [-0.4, -0.2) is 25.8 Å². The molecule has 0 aromatic carbocycles. The van der Waals surface area contributed by atoms with Crippen LogP contribution in [-0.2, 0) is 0 Å². The molecule has 0 aliphatic rings. The van der Waals surface area contributed by atoms with Crippen molar-refractivity contribution in [1.29, 1.82) is 0 Å². The minimum absolute atomic E-state index is 0.247. The first-order valence-electron chi connectivity index (χ1n) is 5.24. The summed E-state index contributed by atoms with van der Waals surface area (Å²) in [5.41, 5.74) is 1.76. The van der Waals surface area contributed by atoms with Gasteiger partial charge in [-0.1, -0.05) is 0 Å². The second-order valence-electron chi connectivity index (χ2n) is 4.04. The van der Waals surface area contributed by atoms with E-state index < -0.39 is 5.97 Å². The average molecular weight is 251 g/mol. The van der Waals surface area contributed by atoms with E-state index in [2.05, 4.69) is 10.1 Å². The molecule has 0 bridgehead atoms. The van der Waals surface area contributed by atoms with Crippen LogP contribution in [0.5, 0.6) is 0 Å². The average Bonchev–Trinajstić information content (AvgIpc) is 2.83. The number of carboxylic acid groups (broad SMARTS) is 1. The number of aromatic nitrogens is 3. The van der Waals surface area contributed by atoms with Gasteiger partial charge in [0, 0.05) is 12.2 Å². The summed E-state index contributed by atoms with van der Waals surface area (Å²) in [6, 6.07) is 0.279. The van der Waals surface area contributed by atoms with Crippen molar-refractivity contribution in [3.8, 4) is 10.6 Å². The Hall–Kier alpha value is -1.69. The van der Waals surface area contributed by atoms with E-state index in [-0.39, 0.29) is 10.9 Å². The van der Waals surface area contributed by atoms with Crippen molar-refractivity contribution in [2.24, 2.45) is 0 Å². The third-order valence-electron chi connectivity index (χ3n) is 2.39. The molecule has 0 saturated heterocycles. The van der Waals surface area contributed by atoms with Crippen LogP contribution in [0, 0.1) is 6.92 Å². The van der Waals surface area contributed by atoms with Crippen LogP contribution >= 0.6 is 11.3 Å². The molecule has 5 nitrogen and oxygen atoms in total. The summed E-state index contributed by atoms with van der Waals surface area (Å²) in [6.45, 7) is 5.98. The highest BCUT2D eigenvalue weighted by molar-refractivity contribution is 7.16. The molecule has 1 N–H and O–H groups in total. The molecule has 0 spiro atoms. The van der Waals surface area contributed by atoms with Crippen LogP contribution in [0.15, 0.2) is 12.4 Å². The fourth-order valence-electron chi connectivity index (χ4n) is 1.45. The first-order chi connectivity index (χ1) is 7.99. The normalized spacial score (nSPS) is 11.1. The minimum Gasteiger partial charge on any atom is -0.477 e. The predicted molar refractivity (Wildman–Crippen MR) is 65.4 cm³/mol. The van der Waals surface area contributed by atoms with Crippen molar-refractivity contribution in [3.05, 3.63) is 23.0 Å². The van der Waals surface area contributed by atoms with Gasteiger partial charge in [-0.05, 0) is 20.8 Å². The summed E-state index contributed by atoms with van der Waals surface area (Å²) in [7, 11) is 0. The lowest BCUT2D eigenvalue weighted by atomic mass is 10.3. The fraction of sp³-hybridized carbons (Fsp3) is 0.364. The van der Waals surface area contributed by atoms with Gasteiger partial charge in [0.15, 0.2) is 0 Å². The molecule has 2 rings (SSSR count). The number of carbonyl (C=O) groups is 1. The monoisotopic (exact) mass is 251 g/mol. The number of thiazole rings is 1. The van der Waals surface area contributed by atoms with E-state index in [0.29, 0.717) is 5.01 Å². The summed E-state index contributed by atoms with van der Waals surface area (Å²) >= 11 is 1.17. The molecule has 6 heteroatoms. The minimum atomic E-state index is -0.942. The first kappa shape index (κ1) is 11.8. The maximum Gasteiger partial charge on any atom is 0.347 e. The van der Waals surface area contributed by atoms with Crippen molar-refractivity contribution < 1.29 is 9.90 Å². The zero-order valence-corrected chi connectivity index (χ0v) is 10.7. The van der Waals surface area contributed by atoms with Gasteiger partial charge in [0.05, 0.1) is 17.5 Å². The molecule has 0 aliphatic heterocycles. The fourth-order valence-corrected chi connectivity index (χ4v) is 2.27. The quantitative estimate of drug-likeness (QED) is 0.910. The number of nitrogens with zero attached hydrogens (tertiary/aromatic N) is 3. The van der Waals surface area contributed by atoms with E-state index in [9.17, 15) is 4.79 Å². The van der Waals surface area contributed by atoms with E-state index in [4.69, 9.17) is 5.11 Å². The molecule has 17 heavy (non-hydrogen) atoms. The molecule has 0 atom stereocenters. The Labute approximate surface area is 103 Å². The highest BCUT2D eigenvalue weighted by Gasteiger charge is 2.15. The maximum absolute atomic E-state index is 10.8. The van der Waals surface area contributed by atoms with Crippen molar-refractivity contribution in [2.45, 2.75) is 26.8 Å². The van der Waals surface area contributed by atoms with Crippen LogP contribution in [0.4, 0.5) is 0 Å². The molecule has 0 fully saturated rings. The second-order valence-corrected chi connectivity index (χ2v) is 5.07. The Morgan fingerprint density at radius 3 is 2.71 bits per heavy atom. The van der Waals surface area contributed by atoms with Crippen LogP contribution in [0.1, 0.15) is 35.3 Å². The Kier molecular flexibility index (Phi) is 2.97. The standard InChI is InChI=1S/C11H13N3O2S/c1-6(2)14-5-8(7(3)13-14)10-12-4-9(17-10)11(15)16/h4-6H,1-3H3,(H,15,16). The van der Waals surface area contributed by atoms with Crippen LogP contribution in [0.3, 0.4) is 0 Å². The Morgan fingerprint density at radius 2 is 2.24 bits per heavy atom. The van der Waals surface area contributed by atoms with E-state index in [1.165, 1.54) is 17.5 Å². The third kappa shape index (κ3) is 2.21. The summed E-state index contributed by atoms with van der Waals surface area (Å²) in [6.07, 6.45) is 3.29. The molecule has 90 valence electrons. The first-order valence-corrected chi connectivity index (χ1v) is 6.06. The zero-order valence-electron chi connectivity index (χ0n) is 9.84. The van der Waals surface area contributed by atoms with Gasteiger partial charge < -0.3 is 5.11 Å². The van der Waals surface area contributed by atoms with E-state index in [1.54, 1.807) is 0 Å². The zero-order chi connectivity index (χ0) is 12.6. The molecule has 0 amide bonds. The van der Waals surface area contributed by atoms with Crippen LogP contribution in [0.25, 0.3) is 10.6 Å². The van der Waals surface area contributed by atoms with Gasteiger partial charge in [-0.25, -0.2) is 9.78 Å². The topological polar surface area (TPSA) is 68.0 Å². The van der Waals surface area contributed by atoms with Gasteiger partial charge in [0.1, 0.15) is 9.88 Å². The Bertz CT molecular complexity index is 557. The number of rotatable bonds is 3. The predicted octanol–water partition coefficient (Wildman–Crippen LogP) is 2.59. The number of aromatic carboxylic acids is 1. The number of hydrogen-bond donors (Lipinski definition) is 1. The van der Waals surface area contributed by atoms with Crippen molar-refractivity contribution >= 4 is 17.3 Å². The lowest BCUT2D eigenvalue weighted by molar-refractivity contribution is 0.0702. The van der Waals surface area contributed by atoms with Gasteiger partial charge >= 0.3 is 5.97 Å². The SMILES string of the molecule is Cc1nn(C(C)C)cc1-c1ncc(C(=O)O)s1. The maximum atomic E-state index is 10.8. The lowest BCUT2D eigenvalue weighted by Gasteiger charge is -2.02. The number of carboxylic acids is 1. The Balaban J connectivity index is 2.41. The van der Waals surface area contributed by atoms with Gasteiger partial charge in [-0.15, -0.1) is 11.3 Å². The molecule has 2 aromatic heterocycles. The van der Waals surface area contributed by atoms with Gasteiger partial charge in [0.25, 0.3) is 0 Å². The lowest BCUT2D eigenvalue weighted by Crippen LogP contribution is -2.00. The molecular formula is C11H13N3O2S. The van der Waals surface area contributed by atoms with Crippen molar-refractivity contribution in [2.75, 3.05) is 0 Å². The summed E-state index contributed by atoms with van der Waals surface area (Å²) in [5, 5.41) is 13.9. The molecular weight excluding hydrogens is 238 g/mol. The second kappa shape index (κ2) is 4.29. The Morgan fingerprint density at radius 1 is 1.53 bits per heavy atom. The van der Waals surface area contributed by atoms with Gasteiger partial charge in [-0.3, -0.25) is 4.68 Å². The van der Waals surface area contributed by atoms with E-state index in [0.717, 1.165) is 11.3 Å². The third-order valence-corrected chi connectivity index (χ3v) is 3.41. The molecule has 0 saturated carbocycles.